The summed E-state index contributed by atoms with van der Waals surface area (Å²) in [6, 6.07) is 1.96. The fourth-order valence-corrected chi connectivity index (χ4v) is 4.05. The van der Waals surface area contributed by atoms with Crippen LogP contribution >= 0.6 is 23.1 Å². The van der Waals surface area contributed by atoms with E-state index < -0.39 is 0 Å². The van der Waals surface area contributed by atoms with Gasteiger partial charge >= 0.3 is 0 Å². The van der Waals surface area contributed by atoms with E-state index >= 15 is 0 Å². The number of methoxy groups -OCH3 is 1. The summed E-state index contributed by atoms with van der Waals surface area (Å²) < 4.78 is 8.07. The van der Waals surface area contributed by atoms with E-state index in [1.807, 2.05) is 19.9 Å². The average Bonchev–Trinajstić information content (AvgIpc) is 3.14. The molecule has 0 unspecified atom stereocenters. The van der Waals surface area contributed by atoms with Gasteiger partial charge in [0, 0.05) is 37.2 Å². The molecule has 2 heterocycles. The van der Waals surface area contributed by atoms with Crippen LogP contribution in [0.2, 0.25) is 0 Å². The molecule has 0 saturated heterocycles. The highest BCUT2D eigenvalue weighted by Crippen LogP contribution is 2.27. The van der Waals surface area contributed by atoms with Gasteiger partial charge in [0.25, 0.3) is 0 Å². The van der Waals surface area contributed by atoms with Crippen molar-refractivity contribution in [3.05, 3.63) is 23.0 Å². The zero-order chi connectivity index (χ0) is 17.5. The number of aromatic nitrogens is 3. The standard InChI is InChI=1S/C16H24N4O2S2/c1-5-6-17-15-18-19-16(24-15)23-10-14(21)13-9-11(2)20(12(13)3)7-8-22-4/h9H,5-8,10H2,1-4H3,(H,17,18). The van der Waals surface area contributed by atoms with Crippen LogP contribution in [0.4, 0.5) is 5.13 Å². The van der Waals surface area contributed by atoms with Crippen molar-refractivity contribution in [1.82, 2.24) is 14.8 Å². The molecule has 0 aromatic carbocycles. The predicted octanol–water partition coefficient (Wildman–Crippen LogP) is 3.40. The maximum atomic E-state index is 12.5. The summed E-state index contributed by atoms with van der Waals surface area (Å²) in [5.74, 6) is 0.492. The zero-order valence-electron chi connectivity index (χ0n) is 14.6. The average molecular weight is 369 g/mol. The fraction of sp³-hybridized carbons (Fsp3) is 0.562. The number of carbonyl (C=O) groups is 1. The highest BCUT2D eigenvalue weighted by Gasteiger charge is 2.16. The molecule has 0 radical (unpaired) electrons. The van der Waals surface area contributed by atoms with E-state index in [4.69, 9.17) is 4.74 Å². The number of Topliss-reactive ketones (excluding diaryl/α,β-unsaturated/α-hetero) is 1. The SMILES string of the molecule is CCCNc1nnc(SCC(=O)c2cc(C)n(CCOC)c2C)s1. The molecule has 132 valence electrons. The fourth-order valence-electron chi connectivity index (χ4n) is 2.39. The van der Waals surface area contributed by atoms with Gasteiger partial charge in [0.15, 0.2) is 10.1 Å². The van der Waals surface area contributed by atoms with Gasteiger partial charge in [0.2, 0.25) is 5.13 Å². The van der Waals surface area contributed by atoms with Crippen LogP contribution in [0.15, 0.2) is 10.4 Å². The van der Waals surface area contributed by atoms with Crippen LogP contribution in [0.1, 0.15) is 35.1 Å². The maximum Gasteiger partial charge on any atom is 0.206 e. The summed E-state index contributed by atoms with van der Waals surface area (Å²) in [7, 11) is 1.68. The van der Waals surface area contributed by atoms with Crippen LogP contribution in [-0.4, -0.2) is 46.6 Å². The molecule has 0 atom stereocenters. The van der Waals surface area contributed by atoms with Crippen molar-refractivity contribution in [2.75, 3.05) is 31.3 Å². The van der Waals surface area contributed by atoms with Gasteiger partial charge in [-0.25, -0.2) is 0 Å². The molecule has 2 aromatic rings. The predicted molar refractivity (Wildman–Crippen MR) is 99.5 cm³/mol. The first-order valence-corrected chi connectivity index (χ1v) is 9.76. The molecule has 2 aromatic heterocycles. The third kappa shape index (κ3) is 4.81. The Labute approximate surface area is 151 Å². The minimum Gasteiger partial charge on any atom is -0.383 e. The first kappa shape index (κ1) is 19.0. The topological polar surface area (TPSA) is 69.0 Å². The summed E-state index contributed by atoms with van der Waals surface area (Å²) in [5, 5.41) is 12.2. The molecule has 0 saturated carbocycles. The summed E-state index contributed by atoms with van der Waals surface area (Å²) in [5.41, 5.74) is 2.86. The third-order valence-electron chi connectivity index (χ3n) is 3.65. The van der Waals surface area contributed by atoms with E-state index in [0.29, 0.717) is 12.4 Å². The van der Waals surface area contributed by atoms with Crippen molar-refractivity contribution in [3.8, 4) is 0 Å². The third-order valence-corrected chi connectivity index (χ3v) is 5.67. The number of rotatable bonds is 10. The first-order valence-electron chi connectivity index (χ1n) is 7.95. The number of thioether (sulfide) groups is 1. The lowest BCUT2D eigenvalue weighted by molar-refractivity contribution is 0.102. The van der Waals surface area contributed by atoms with Gasteiger partial charge in [-0.2, -0.15) is 0 Å². The molecule has 6 nitrogen and oxygen atoms in total. The quantitative estimate of drug-likeness (QED) is 0.512. The maximum absolute atomic E-state index is 12.5. The second kappa shape index (κ2) is 9.19. The zero-order valence-corrected chi connectivity index (χ0v) is 16.2. The van der Waals surface area contributed by atoms with Crippen LogP contribution in [0, 0.1) is 13.8 Å². The Morgan fingerprint density at radius 2 is 2.21 bits per heavy atom. The highest BCUT2D eigenvalue weighted by molar-refractivity contribution is 8.01. The summed E-state index contributed by atoms with van der Waals surface area (Å²) in [4.78, 5) is 12.5. The van der Waals surface area contributed by atoms with Crippen LogP contribution in [0.5, 0.6) is 0 Å². The van der Waals surface area contributed by atoms with Crippen molar-refractivity contribution in [2.24, 2.45) is 0 Å². The van der Waals surface area contributed by atoms with Gasteiger partial charge in [-0.15, -0.1) is 10.2 Å². The molecule has 2 rings (SSSR count). The van der Waals surface area contributed by atoms with Crippen molar-refractivity contribution in [3.63, 3.8) is 0 Å². The number of carbonyl (C=O) groups excluding carboxylic acids is 1. The van der Waals surface area contributed by atoms with Crippen LogP contribution in [0.3, 0.4) is 0 Å². The number of anilines is 1. The van der Waals surface area contributed by atoms with Gasteiger partial charge in [-0.1, -0.05) is 30.0 Å². The number of aryl methyl sites for hydroxylation is 1. The van der Waals surface area contributed by atoms with Gasteiger partial charge in [-0.3, -0.25) is 4.79 Å². The summed E-state index contributed by atoms with van der Waals surface area (Å²) in [6.45, 7) is 8.38. The number of hydrogen-bond acceptors (Lipinski definition) is 7. The Morgan fingerprint density at radius 1 is 1.42 bits per heavy atom. The number of nitrogens with zero attached hydrogens (tertiary/aromatic N) is 3. The lowest BCUT2D eigenvalue weighted by Crippen LogP contribution is -2.09. The van der Waals surface area contributed by atoms with Crippen molar-refractivity contribution in [2.45, 2.75) is 38.1 Å². The normalized spacial score (nSPS) is 11.0. The number of ketones is 1. The van der Waals surface area contributed by atoms with E-state index in [0.717, 1.165) is 45.9 Å². The molecule has 8 heteroatoms. The van der Waals surface area contributed by atoms with E-state index in [-0.39, 0.29) is 5.78 Å². The van der Waals surface area contributed by atoms with Crippen molar-refractivity contribution < 1.29 is 9.53 Å². The van der Waals surface area contributed by atoms with Crippen molar-refractivity contribution in [1.29, 1.82) is 0 Å². The minimum absolute atomic E-state index is 0.120. The Kier molecular flexibility index (Phi) is 7.26. The Bertz CT molecular complexity index is 682. The molecule has 0 aliphatic rings. The van der Waals surface area contributed by atoms with Crippen LogP contribution in [0.25, 0.3) is 0 Å². The number of hydrogen-bond donors (Lipinski definition) is 1. The highest BCUT2D eigenvalue weighted by atomic mass is 32.2. The Hall–Kier alpha value is -1.38. The number of ether oxygens (including phenoxy) is 1. The molecular weight excluding hydrogens is 344 g/mol. The molecule has 0 spiro atoms. The molecule has 1 N–H and O–H groups in total. The van der Waals surface area contributed by atoms with Crippen LogP contribution in [-0.2, 0) is 11.3 Å². The van der Waals surface area contributed by atoms with E-state index in [9.17, 15) is 4.79 Å². The van der Waals surface area contributed by atoms with Gasteiger partial charge in [0.1, 0.15) is 0 Å². The molecule has 24 heavy (non-hydrogen) atoms. The second-order valence-corrected chi connectivity index (χ2v) is 7.64. The Morgan fingerprint density at radius 3 is 2.92 bits per heavy atom. The molecule has 0 fully saturated rings. The van der Waals surface area contributed by atoms with E-state index in [2.05, 4.69) is 27.0 Å². The minimum atomic E-state index is 0.120. The van der Waals surface area contributed by atoms with E-state index in [1.165, 1.54) is 23.1 Å². The lowest BCUT2D eigenvalue weighted by atomic mass is 10.2. The first-order chi connectivity index (χ1) is 11.6. The van der Waals surface area contributed by atoms with Gasteiger partial charge in [-0.05, 0) is 26.3 Å². The molecular formula is C16H24N4O2S2. The number of nitrogens with one attached hydrogen (secondary N) is 1. The smallest absolute Gasteiger partial charge is 0.206 e. The van der Waals surface area contributed by atoms with E-state index in [1.54, 1.807) is 7.11 Å². The monoisotopic (exact) mass is 368 g/mol. The lowest BCUT2D eigenvalue weighted by Gasteiger charge is -2.08. The molecule has 0 aliphatic heterocycles. The second-order valence-electron chi connectivity index (χ2n) is 5.44. The Balaban J connectivity index is 1.96. The molecule has 0 amide bonds. The van der Waals surface area contributed by atoms with Crippen LogP contribution < -0.4 is 5.32 Å². The summed E-state index contributed by atoms with van der Waals surface area (Å²) >= 11 is 2.93. The van der Waals surface area contributed by atoms with Gasteiger partial charge in [0.05, 0.1) is 12.4 Å². The van der Waals surface area contributed by atoms with Gasteiger partial charge < -0.3 is 14.6 Å². The molecule has 0 aliphatic carbocycles. The summed E-state index contributed by atoms with van der Waals surface area (Å²) in [6.07, 6.45) is 1.04. The van der Waals surface area contributed by atoms with Crippen molar-refractivity contribution >= 4 is 34.0 Å². The largest absolute Gasteiger partial charge is 0.383 e. The molecule has 0 bridgehead atoms.